The van der Waals surface area contributed by atoms with Crippen molar-refractivity contribution in [2.45, 2.75) is 6.92 Å². The molecule has 0 spiro atoms. The van der Waals surface area contributed by atoms with Crippen molar-refractivity contribution in [1.29, 1.82) is 0 Å². The maximum absolute atomic E-state index is 13.5. The lowest BCUT2D eigenvalue weighted by Gasteiger charge is -2.09. The first-order chi connectivity index (χ1) is 9.92. The molecule has 2 aromatic rings. The fourth-order valence-electron chi connectivity index (χ4n) is 1.65. The van der Waals surface area contributed by atoms with Crippen molar-refractivity contribution in [1.82, 2.24) is 9.97 Å². The molecule has 0 saturated carbocycles. The lowest BCUT2D eigenvalue weighted by Crippen LogP contribution is -2.13. The molecule has 2 rings (SSSR count). The molecule has 10 heteroatoms. The molecule has 110 valence electrons. The molecule has 0 atom stereocenters. The summed E-state index contributed by atoms with van der Waals surface area (Å²) in [5.74, 6) is 4.63. The van der Waals surface area contributed by atoms with Crippen molar-refractivity contribution >= 4 is 39.1 Å². The maximum atomic E-state index is 13.5. The molecular formula is C11H10BrFN6O2. The molecule has 0 amide bonds. The van der Waals surface area contributed by atoms with Crippen LogP contribution < -0.4 is 16.6 Å². The summed E-state index contributed by atoms with van der Waals surface area (Å²) < 4.78 is 13.8. The summed E-state index contributed by atoms with van der Waals surface area (Å²) in [6, 6.07) is 4.20. The van der Waals surface area contributed by atoms with Gasteiger partial charge in [0, 0.05) is 5.69 Å². The Morgan fingerprint density at radius 2 is 2.14 bits per heavy atom. The minimum atomic E-state index is -0.618. The number of aryl methyl sites for hydroxylation is 1. The SMILES string of the molecule is Cc1nc(NN)nc(Nc2ccc(Br)c(F)c2)c1[N+](=O)[O-]. The molecule has 1 heterocycles. The highest BCUT2D eigenvalue weighted by Gasteiger charge is 2.22. The third-order valence-electron chi connectivity index (χ3n) is 2.55. The number of nitro groups is 1. The summed E-state index contributed by atoms with van der Waals surface area (Å²) in [5.41, 5.74) is 2.34. The van der Waals surface area contributed by atoms with Crippen molar-refractivity contribution in [3.05, 3.63) is 44.3 Å². The fourth-order valence-corrected chi connectivity index (χ4v) is 1.89. The van der Waals surface area contributed by atoms with Gasteiger partial charge in [0.05, 0.1) is 9.40 Å². The Labute approximate surface area is 126 Å². The van der Waals surface area contributed by atoms with Gasteiger partial charge in [0.1, 0.15) is 11.5 Å². The first-order valence-corrected chi connectivity index (χ1v) is 6.43. The van der Waals surface area contributed by atoms with Gasteiger partial charge in [0.2, 0.25) is 11.8 Å². The lowest BCUT2D eigenvalue weighted by atomic mass is 10.3. The summed E-state index contributed by atoms with van der Waals surface area (Å²) in [5, 5.41) is 13.8. The topological polar surface area (TPSA) is 119 Å². The average Bonchev–Trinajstić information content (AvgIpc) is 2.41. The van der Waals surface area contributed by atoms with E-state index in [9.17, 15) is 14.5 Å². The van der Waals surface area contributed by atoms with Crippen LogP contribution in [0.4, 0.5) is 27.5 Å². The Balaban J connectivity index is 2.48. The van der Waals surface area contributed by atoms with Crippen LogP contribution in [0.3, 0.4) is 0 Å². The number of nitrogens with one attached hydrogen (secondary N) is 2. The molecule has 1 aromatic carbocycles. The summed E-state index contributed by atoms with van der Waals surface area (Å²) in [6.07, 6.45) is 0. The second kappa shape index (κ2) is 5.97. The van der Waals surface area contributed by atoms with Gasteiger partial charge < -0.3 is 5.32 Å². The van der Waals surface area contributed by atoms with Crippen molar-refractivity contribution in [3.8, 4) is 0 Å². The van der Waals surface area contributed by atoms with E-state index in [4.69, 9.17) is 5.84 Å². The Kier molecular flexibility index (Phi) is 4.29. The van der Waals surface area contributed by atoms with Crippen LogP contribution in [-0.2, 0) is 0 Å². The average molecular weight is 357 g/mol. The number of anilines is 3. The van der Waals surface area contributed by atoms with E-state index in [0.29, 0.717) is 5.69 Å². The monoisotopic (exact) mass is 356 g/mol. The van der Waals surface area contributed by atoms with E-state index >= 15 is 0 Å². The highest BCUT2D eigenvalue weighted by molar-refractivity contribution is 9.10. The van der Waals surface area contributed by atoms with Crippen molar-refractivity contribution < 1.29 is 9.31 Å². The quantitative estimate of drug-likeness (QED) is 0.437. The molecule has 0 saturated heterocycles. The van der Waals surface area contributed by atoms with Gasteiger partial charge in [-0.15, -0.1) is 0 Å². The van der Waals surface area contributed by atoms with E-state index in [1.807, 2.05) is 0 Å². The van der Waals surface area contributed by atoms with E-state index < -0.39 is 10.7 Å². The van der Waals surface area contributed by atoms with Gasteiger partial charge in [-0.05, 0) is 41.1 Å². The van der Waals surface area contributed by atoms with E-state index in [-0.39, 0.29) is 27.6 Å². The van der Waals surface area contributed by atoms with E-state index in [0.717, 1.165) is 0 Å². The normalized spacial score (nSPS) is 10.3. The van der Waals surface area contributed by atoms with Gasteiger partial charge in [-0.3, -0.25) is 15.5 Å². The van der Waals surface area contributed by atoms with Gasteiger partial charge in [0.25, 0.3) is 0 Å². The molecule has 0 unspecified atom stereocenters. The highest BCUT2D eigenvalue weighted by atomic mass is 79.9. The number of aromatic nitrogens is 2. The number of halogens is 2. The molecule has 0 radical (unpaired) electrons. The molecular weight excluding hydrogens is 347 g/mol. The predicted molar refractivity (Wildman–Crippen MR) is 78.6 cm³/mol. The Bertz CT molecular complexity index is 711. The minimum Gasteiger partial charge on any atom is -0.334 e. The first-order valence-electron chi connectivity index (χ1n) is 5.64. The summed E-state index contributed by atoms with van der Waals surface area (Å²) >= 11 is 3.02. The Morgan fingerprint density at radius 3 is 2.71 bits per heavy atom. The zero-order valence-corrected chi connectivity index (χ0v) is 12.3. The summed E-state index contributed by atoms with van der Waals surface area (Å²) in [4.78, 5) is 18.2. The van der Waals surface area contributed by atoms with E-state index in [2.05, 4.69) is 36.6 Å². The maximum Gasteiger partial charge on any atom is 0.332 e. The molecule has 0 bridgehead atoms. The third kappa shape index (κ3) is 3.23. The van der Waals surface area contributed by atoms with Crippen LogP contribution in [-0.4, -0.2) is 14.9 Å². The van der Waals surface area contributed by atoms with Gasteiger partial charge >= 0.3 is 5.69 Å². The van der Waals surface area contributed by atoms with E-state index in [1.165, 1.54) is 19.1 Å². The number of hydrazine groups is 1. The number of hydrogen-bond acceptors (Lipinski definition) is 7. The number of hydrogen-bond donors (Lipinski definition) is 3. The summed E-state index contributed by atoms with van der Waals surface area (Å²) in [6.45, 7) is 1.45. The second-order valence-corrected chi connectivity index (χ2v) is 4.84. The largest absolute Gasteiger partial charge is 0.334 e. The first kappa shape index (κ1) is 15.1. The summed E-state index contributed by atoms with van der Waals surface area (Å²) in [7, 11) is 0. The zero-order chi connectivity index (χ0) is 15.6. The smallest absolute Gasteiger partial charge is 0.332 e. The highest BCUT2D eigenvalue weighted by Crippen LogP contribution is 2.30. The molecule has 4 N–H and O–H groups in total. The van der Waals surface area contributed by atoms with Crippen molar-refractivity contribution in [2.75, 3.05) is 10.7 Å². The third-order valence-corrected chi connectivity index (χ3v) is 3.20. The second-order valence-electron chi connectivity index (χ2n) is 3.99. The van der Waals surface area contributed by atoms with Crippen LogP contribution in [0, 0.1) is 22.9 Å². The Hall–Kier alpha value is -2.33. The van der Waals surface area contributed by atoms with Gasteiger partial charge in [0.15, 0.2) is 0 Å². The molecule has 0 fully saturated rings. The number of nitrogens with two attached hydrogens (primary N) is 1. The molecule has 1 aromatic heterocycles. The van der Waals surface area contributed by atoms with Crippen LogP contribution in [0.25, 0.3) is 0 Å². The van der Waals surface area contributed by atoms with Crippen molar-refractivity contribution in [2.24, 2.45) is 5.84 Å². The molecule has 0 aliphatic carbocycles. The van der Waals surface area contributed by atoms with Crippen LogP contribution in [0.1, 0.15) is 5.69 Å². The van der Waals surface area contributed by atoms with Gasteiger partial charge in [-0.25, -0.2) is 15.2 Å². The minimum absolute atomic E-state index is 0.0122. The standard InChI is InChI=1S/C11H10BrFN6O2/c1-5-9(19(20)21)10(17-11(15-5)18-14)16-6-2-3-7(12)8(13)4-6/h2-4H,14H2,1H3,(H2,15,16,17,18). The Morgan fingerprint density at radius 1 is 1.43 bits per heavy atom. The van der Waals surface area contributed by atoms with E-state index in [1.54, 1.807) is 6.07 Å². The van der Waals surface area contributed by atoms with Gasteiger partial charge in [-0.1, -0.05) is 0 Å². The number of benzene rings is 1. The lowest BCUT2D eigenvalue weighted by molar-refractivity contribution is -0.385. The zero-order valence-electron chi connectivity index (χ0n) is 10.7. The fraction of sp³-hybridized carbons (Fsp3) is 0.0909. The predicted octanol–water partition coefficient (Wildman–Crippen LogP) is 2.62. The number of nitrogen functional groups attached to an aromatic ring is 1. The van der Waals surface area contributed by atoms with Crippen LogP contribution in [0.2, 0.25) is 0 Å². The van der Waals surface area contributed by atoms with Crippen LogP contribution in [0.15, 0.2) is 22.7 Å². The van der Waals surface area contributed by atoms with Crippen LogP contribution in [0.5, 0.6) is 0 Å². The van der Waals surface area contributed by atoms with Crippen LogP contribution >= 0.6 is 15.9 Å². The molecule has 0 aliphatic heterocycles. The molecule has 0 aliphatic rings. The number of rotatable bonds is 4. The molecule has 21 heavy (non-hydrogen) atoms. The molecule has 8 nitrogen and oxygen atoms in total. The number of nitrogens with zero attached hydrogens (tertiary/aromatic N) is 3. The van der Waals surface area contributed by atoms with Gasteiger partial charge in [-0.2, -0.15) is 4.98 Å². The van der Waals surface area contributed by atoms with Crippen molar-refractivity contribution in [3.63, 3.8) is 0 Å².